The number of ketones is 1. The van der Waals surface area contributed by atoms with E-state index >= 15 is 0 Å². The van der Waals surface area contributed by atoms with E-state index < -0.39 is 0 Å². The number of rotatable bonds is 2. The molecule has 4 heteroatoms. The van der Waals surface area contributed by atoms with Crippen LogP contribution in [0, 0.1) is 6.92 Å². The van der Waals surface area contributed by atoms with Crippen LogP contribution < -0.4 is 0 Å². The number of hydrogen-bond acceptors (Lipinski definition) is 3. The highest BCUT2D eigenvalue weighted by atomic mass is 79.9. The molecule has 0 amide bonds. The van der Waals surface area contributed by atoms with Crippen molar-refractivity contribution in [3.63, 3.8) is 0 Å². The number of alkyl halides is 1. The summed E-state index contributed by atoms with van der Waals surface area (Å²) in [6.07, 6.45) is 0. The summed E-state index contributed by atoms with van der Waals surface area (Å²) in [5.41, 5.74) is 1.26. The molecule has 1 atom stereocenters. The first kappa shape index (κ1) is 14.7. The molecule has 1 aliphatic heterocycles. The van der Waals surface area contributed by atoms with Gasteiger partial charge in [0.05, 0.1) is 11.4 Å². The minimum absolute atomic E-state index is 0.00967. The van der Waals surface area contributed by atoms with Crippen molar-refractivity contribution in [2.75, 3.05) is 13.1 Å². The van der Waals surface area contributed by atoms with E-state index in [4.69, 9.17) is 0 Å². The fourth-order valence-electron chi connectivity index (χ4n) is 1.44. The first-order chi connectivity index (χ1) is 8.15. The fraction of sp³-hybridized carbons (Fsp3) is 0.462. The van der Waals surface area contributed by atoms with Crippen molar-refractivity contribution in [2.45, 2.75) is 30.5 Å². The Hall–Kier alpha value is -0.320. The van der Waals surface area contributed by atoms with Gasteiger partial charge in [-0.25, -0.2) is 4.31 Å². The molecule has 1 saturated heterocycles. The van der Waals surface area contributed by atoms with Gasteiger partial charge in [-0.05, 0) is 31.0 Å². The number of carbonyl (C=O) groups excluding carboxylic acids is 1. The Labute approximate surface area is 116 Å². The highest BCUT2D eigenvalue weighted by Gasteiger charge is 2.28. The third kappa shape index (κ3) is 4.45. The smallest absolute Gasteiger partial charge is 0.162 e. The number of aryl methyl sites for hydroxylation is 1. The minimum Gasteiger partial charge on any atom is -0.297 e. The second-order valence-corrected chi connectivity index (χ2v) is 5.94. The Morgan fingerprint density at radius 2 is 1.88 bits per heavy atom. The largest absolute Gasteiger partial charge is 0.297 e. The third-order valence-corrected chi connectivity index (χ3v) is 4.12. The van der Waals surface area contributed by atoms with Gasteiger partial charge in [0.2, 0.25) is 0 Å². The van der Waals surface area contributed by atoms with Crippen LogP contribution in [0.5, 0.6) is 0 Å². The van der Waals surface area contributed by atoms with Crippen LogP contribution in [0.15, 0.2) is 29.2 Å². The lowest BCUT2D eigenvalue weighted by molar-refractivity contribution is -0.116. The van der Waals surface area contributed by atoms with Gasteiger partial charge in [-0.2, -0.15) is 0 Å². The molecule has 1 aromatic carbocycles. The Morgan fingerprint density at radius 3 is 2.35 bits per heavy atom. The monoisotopic (exact) mass is 315 g/mol. The Balaban J connectivity index is 0.000000686. The van der Waals surface area contributed by atoms with Crippen LogP contribution in [0.4, 0.5) is 0 Å². The molecule has 17 heavy (non-hydrogen) atoms. The second kappa shape index (κ2) is 7.19. The molecule has 0 N–H and O–H groups in total. The lowest BCUT2D eigenvalue weighted by atomic mass is 10.2. The molecule has 1 fully saturated rings. The number of halogens is 1. The zero-order chi connectivity index (χ0) is 12.8. The van der Waals surface area contributed by atoms with Crippen molar-refractivity contribution in [1.29, 1.82) is 0 Å². The SMILES string of the molecule is CC.Cc1ccc(SN2CC(=O)C(Br)C2)cc1. The summed E-state index contributed by atoms with van der Waals surface area (Å²) in [7, 11) is 0. The number of nitrogens with zero attached hydrogens (tertiary/aromatic N) is 1. The lowest BCUT2D eigenvalue weighted by Crippen LogP contribution is -2.11. The second-order valence-electron chi connectivity index (χ2n) is 3.66. The van der Waals surface area contributed by atoms with E-state index in [0.29, 0.717) is 6.54 Å². The van der Waals surface area contributed by atoms with Crippen molar-refractivity contribution in [1.82, 2.24) is 4.31 Å². The molecule has 1 heterocycles. The molecule has 2 nitrogen and oxygen atoms in total. The summed E-state index contributed by atoms with van der Waals surface area (Å²) in [6.45, 7) is 7.40. The van der Waals surface area contributed by atoms with Crippen molar-refractivity contribution >= 4 is 33.7 Å². The summed E-state index contributed by atoms with van der Waals surface area (Å²) in [5.74, 6) is 0.273. The van der Waals surface area contributed by atoms with Crippen molar-refractivity contribution in [3.05, 3.63) is 29.8 Å². The molecular weight excluding hydrogens is 298 g/mol. The molecule has 94 valence electrons. The zero-order valence-electron chi connectivity index (χ0n) is 10.4. The normalized spacial score (nSPS) is 20.0. The molecule has 2 rings (SSSR count). The number of Topliss-reactive ketones (excluding diaryl/α,β-unsaturated/α-hetero) is 1. The van der Waals surface area contributed by atoms with Crippen molar-refractivity contribution in [3.8, 4) is 0 Å². The number of carbonyl (C=O) groups is 1. The molecule has 0 spiro atoms. The summed E-state index contributed by atoms with van der Waals surface area (Å²) in [6, 6.07) is 8.36. The van der Waals surface area contributed by atoms with Gasteiger partial charge >= 0.3 is 0 Å². The highest BCUT2D eigenvalue weighted by molar-refractivity contribution is 9.10. The fourth-order valence-corrected chi connectivity index (χ4v) is 3.09. The van der Waals surface area contributed by atoms with Crippen molar-refractivity contribution < 1.29 is 4.79 Å². The van der Waals surface area contributed by atoms with E-state index in [9.17, 15) is 4.79 Å². The summed E-state index contributed by atoms with van der Waals surface area (Å²) in [4.78, 5) is 12.5. The maximum absolute atomic E-state index is 11.3. The van der Waals surface area contributed by atoms with Gasteiger partial charge in [0.15, 0.2) is 5.78 Å². The van der Waals surface area contributed by atoms with E-state index in [1.54, 1.807) is 11.9 Å². The van der Waals surface area contributed by atoms with Gasteiger partial charge in [0, 0.05) is 11.4 Å². The van der Waals surface area contributed by atoms with Crippen LogP contribution in [-0.2, 0) is 4.79 Å². The third-order valence-electron chi connectivity index (χ3n) is 2.30. The minimum atomic E-state index is 0.00967. The van der Waals surface area contributed by atoms with Crippen LogP contribution in [0.2, 0.25) is 0 Å². The standard InChI is InChI=1S/C11H12BrNOS.C2H6/c1-8-2-4-9(5-3-8)15-13-6-10(12)11(14)7-13;1-2/h2-5,10H,6-7H2,1H3;1-2H3. The first-order valence-electron chi connectivity index (χ1n) is 5.81. The number of benzene rings is 1. The van der Waals surface area contributed by atoms with Gasteiger partial charge in [-0.1, -0.05) is 47.5 Å². The molecule has 0 aliphatic carbocycles. The first-order valence-corrected chi connectivity index (χ1v) is 7.50. The van der Waals surface area contributed by atoms with Crippen molar-refractivity contribution in [2.24, 2.45) is 0 Å². The average Bonchev–Trinajstić information content (AvgIpc) is 2.64. The molecule has 1 unspecified atom stereocenters. The zero-order valence-corrected chi connectivity index (χ0v) is 12.8. The van der Waals surface area contributed by atoms with Crippen LogP contribution >= 0.6 is 27.9 Å². The van der Waals surface area contributed by atoms with Crippen LogP contribution in [-0.4, -0.2) is 28.0 Å². The molecule has 0 saturated carbocycles. The maximum Gasteiger partial charge on any atom is 0.162 e. The number of hydrogen-bond donors (Lipinski definition) is 0. The maximum atomic E-state index is 11.3. The van der Waals surface area contributed by atoms with E-state index in [-0.39, 0.29) is 10.6 Å². The van der Waals surface area contributed by atoms with Gasteiger partial charge in [0.1, 0.15) is 0 Å². The topological polar surface area (TPSA) is 20.3 Å². The van der Waals surface area contributed by atoms with Gasteiger partial charge < -0.3 is 0 Å². The Kier molecular flexibility index (Phi) is 6.23. The molecular formula is C13H18BrNOS. The van der Waals surface area contributed by atoms with Gasteiger partial charge in [-0.3, -0.25) is 4.79 Å². The lowest BCUT2D eigenvalue weighted by Gasteiger charge is -2.12. The molecule has 1 aromatic rings. The predicted molar refractivity (Wildman–Crippen MR) is 77.7 cm³/mol. The van der Waals surface area contributed by atoms with Gasteiger partial charge in [0.25, 0.3) is 0 Å². The predicted octanol–water partition coefficient (Wildman–Crippen LogP) is 3.68. The molecule has 1 aliphatic rings. The summed E-state index contributed by atoms with van der Waals surface area (Å²) >= 11 is 5.01. The van der Waals surface area contributed by atoms with E-state index in [1.165, 1.54) is 10.5 Å². The molecule has 0 aromatic heterocycles. The summed E-state index contributed by atoms with van der Waals surface area (Å²) in [5, 5.41) is 0. The highest BCUT2D eigenvalue weighted by Crippen LogP contribution is 2.27. The van der Waals surface area contributed by atoms with Crippen LogP contribution in [0.25, 0.3) is 0 Å². The van der Waals surface area contributed by atoms with Crippen LogP contribution in [0.1, 0.15) is 19.4 Å². The quantitative estimate of drug-likeness (QED) is 0.613. The van der Waals surface area contributed by atoms with Gasteiger partial charge in [-0.15, -0.1) is 0 Å². The average molecular weight is 316 g/mol. The Bertz CT molecular complexity index is 366. The summed E-state index contributed by atoms with van der Waals surface area (Å²) < 4.78 is 2.09. The van der Waals surface area contributed by atoms with E-state index in [1.807, 2.05) is 13.8 Å². The van der Waals surface area contributed by atoms with E-state index in [0.717, 1.165) is 6.54 Å². The van der Waals surface area contributed by atoms with E-state index in [2.05, 4.69) is 51.4 Å². The van der Waals surface area contributed by atoms with Crippen LogP contribution in [0.3, 0.4) is 0 Å². The molecule has 0 bridgehead atoms. The molecule has 0 radical (unpaired) electrons. The Morgan fingerprint density at radius 1 is 1.29 bits per heavy atom.